The molecule has 0 radical (unpaired) electrons. The number of amides is 1. The van der Waals surface area contributed by atoms with Crippen LogP contribution in [0.2, 0.25) is 0 Å². The van der Waals surface area contributed by atoms with Crippen molar-refractivity contribution in [1.29, 1.82) is 0 Å². The molecule has 174 valence electrons. The minimum Gasteiger partial charge on any atom is -0.851 e. The molecule has 0 spiro atoms. The van der Waals surface area contributed by atoms with Crippen LogP contribution in [0.1, 0.15) is 33.3 Å². The maximum atomic E-state index is 14.5. The summed E-state index contributed by atoms with van der Waals surface area (Å²) in [6, 6.07) is 29.6. The zero-order valence-electron chi connectivity index (χ0n) is 21.1. The second-order valence-electron chi connectivity index (χ2n) is 9.64. The summed E-state index contributed by atoms with van der Waals surface area (Å²) in [6.07, 6.45) is -1.19. The van der Waals surface area contributed by atoms with E-state index in [1.807, 2.05) is 119 Å². The number of benzene rings is 3. The maximum Gasteiger partial charge on any atom is 1.00 e. The largest absolute Gasteiger partial charge is 1.00 e. The summed E-state index contributed by atoms with van der Waals surface area (Å²) in [6.45, 7) is 7.92. The number of hydrogen-bond acceptors (Lipinski definition) is 3. The van der Waals surface area contributed by atoms with Gasteiger partial charge >= 0.3 is 25.0 Å². The Labute approximate surface area is 216 Å². The normalized spacial score (nSPS) is 14.3. The van der Waals surface area contributed by atoms with E-state index in [-0.39, 0.29) is 18.9 Å². The summed E-state index contributed by atoms with van der Waals surface area (Å²) in [4.78, 5) is 12.9. The Hall–Kier alpha value is -2.08. The molecule has 0 bridgehead atoms. The van der Waals surface area contributed by atoms with Crippen LogP contribution in [0, 0.1) is 5.41 Å². The molecule has 2 atom stereocenters. The van der Waals surface area contributed by atoms with E-state index in [0.717, 1.165) is 16.2 Å². The average Bonchev–Trinajstić information content (AvgIpc) is 2.83. The van der Waals surface area contributed by atoms with Crippen molar-refractivity contribution < 1.29 is 33.5 Å². The first kappa shape index (κ1) is 28.2. The number of nitrogens with zero attached hydrogens (tertiary/aromatic N) is 1. The Morgan fingerprint density at radius 1 is 0.853 bits per heavy atom. The maximum absolute atomic E-state index is 14.5. The van der Waals surface area contributed by atoms with Gasteiger partial charge in [0.1, 0.15) is 0 Å². The fraction of sp³-hybridized carbons (Fsp3) is 0.321. The van der Waals surface area contributed by atoms with Crippen LogP contribution in [0.3, 0.4) is 0 Å². The first-order valence-corrected chi connectivity index (χ1v) is 12.9. The molecular weight excluding hydrogens is 436 g/mol. The van der Waals surface area contributed by atoms with Crippen LogP contribution in [-0.4, -0.2) is 24.5 Å². The van der Waals surface area contributed by atoms with Crippen LogP contribution in [0.25, 0.3) is 0 Å². The molecule has 0 N–H and O–H groups in total. The molecule has 3 aromatic rings. The summed E-state index contributed by atoms with van der Waals surface area (Å²) in [5, 5.41) is 15.3. The monoisotopic (exact) mass is 469 g/mol. The van der Waals surface area contributed by atoms with Gasteiger partial charge in [0.25, 0.3) is 0 Å². The van der Waals surface area contributed by atoms with Crippen LogP contribution in [0.5, 0.6) is 0 Å². The van der Waals surface area contributed by atoms with Gasteiger partial charge in [-0.3, -0.25) is 0 Å². The van der Waals surface area contributed by atoms with E-state index in [4.69, 9.17) is 9.48 Å². The van der Waals surface area contributed by atoms with Gasteiger partial charge in [-0.2, -0.15) is 4.74 Å². The van der Waals surface area contributed by atoms with Crippen LogP contribution >= 0.6 is 7.05 Å². The summed E-state index contributed by atoms with van der Waals surface area (Å²) in [5.74, 6) is 0. The Balaban J connectivity index is 0.00000408. The molecular formula is C28H33LiNO3P. The predicted octanol–water partition coefficient (Wildman–Crippen LogP) is 2.39. The van der Waals surface area contributed by atoms with Crippen molar-refractivity contribution in [1.82, 2.24) is 0 Å². The van der Waals surface area contributed by atoms with Gasteiger partial charge in [0, 0.05) is 12.2 Å². The second kappa shape index (κ2) is 11.6. The third kappa shape index (κ3) is 5.59. The standard InChI is InChI=1S/C28H33NO3P.Li/c1-27(2,3)25(30)28(4,21-22-15-9-6-10-16-22)33(29-26(31)32-5,23-17-11-7-12-18-23)24-19-13-8-14-20-24;/h6-20,25H,21H2,1-5H3;/q-1;+1. The molecule has 6 heteroatoms. The van der Waals surface area contributed by atoms with Gasteiger partial charge in [-0.05, 0) is 28.0 Å². The van der Waals surface area contributed by atoms with Crippen molar-refractivity contribution in [2.45, 2.75) is 45.4 Å². The zero-order chi connectivity index (χ0) is 24.1. The van der Waals surface area contributed by atoms with E-state index in [1.54, 1.807) is 0 Å². The number of hydrogen-bond donors (Lipinski definition) is 0. The fourth-order valence-corrected chi connectivity index (χ4v) is 9.35. The molecule has 1 amide bonds. The van der Waals surface area contributed by atoms with Gasteiger partial charge in [-0.25, -0.2) is 4.79 Å². The van der Waals surface area contributed by atoms with Gasteiger partial charge in [0.05, 0.1) is 7.11 Å². The molecule has 2 unspecified atom stereocenters. The third-order valence-corrected chi connectivity index (χ3v) is 10.6. The topological polar surface area (TPSA) is 61.7 Å². The van der Waals surface area contributed by atoms with Crippen LogP contribution in [-0.2, 0) is 11.2 Å². The van der Waals surface area contributed by atoms with Gasteiger partial charge in [-0.15, -0.1) is 6.10 Å². The first-order valence-electron chi connectivity index (χ1n) is 11.2. The predicted molar refractivity (Wildman–Crippen MR) is 136 cm³/mol. The van der Waals surface area contributed by atoms with Crippen molar-refractivity contribution in [3.8, 4) is 0 Å². The van der Waals surface area contributed by atoms with Crippen LogP contribution < -0.4 is 34.6 Å². The molecule has 0 aliphatic heterocycles. The Morgan fingerprint density at radius 2 is 1.26 bits per heavy atom. The van der Waals surface area contributed by atoms with Crippen LogP contribution in [0.15, 0.2) is 95.7 Å². The molecule has 34 heavy (non-hydrogen) atoms. The quantitative estimate of drug-likeness (QED) is 0.412. The van der Waals surface area contributed by atoms with E-state index in [2.05, 4.69) is 0 Å². The average molecular weight is 469 g/mol. The number of ether oxygens (including phenoxy) is 1. The Morgan fingerprint density at radius 3 is 1.65 bits per heavy atom. The summed E-state index contributed by atoms with van der Waals surface area (Å²) in [5.41, 5.74) is 0.477. The number of carbonyl (C=O) groups excluding carboxylic acids is 1. The molecule has 0 fully saturated rings. The van der Waals surface area contributed by atoms with Crippen LogP contribution in [0.4, 0.5) is 4.79 Å². The Bertz CT molecular complexity index is 1070. The Kier molecular flexibility index (Phi) is 9.58. The number of rotatable bonds is 6. The summed E-state index contributed by atoms with van der Waals surface area (Å²) < 4.78 is 9.90. The SMILES string of the molecule is COC(=O)N=P(c1ccccc1)(c1ccccc1)C(C)(Cc1ccccc1)C([O-])C(C)(C)C.[Li+]. The number of methoxy groups -OCH3 is 1. The molecule has 0 saturated heterocycles. The molecule has 0 aliphatic carbocycles. The number of carbonyl (C=O) groups is 1. The van der Waals surface area contributed by atoms with Crippen molar-refractivity contribution in [2.75, 3.05) is 7.11 Å². The molecule has 4 nitrogen and oxygen atoms in total. The minimum absolute atomic E-state index is 0. The van der Waals surface area contributed by atoms with Gasteiger partial charge in [-0.1, -0.05) is 119 Å². The van der Waals surface area contributed by atoms with Crippen molar-refractivity contribution in [3.05, 3.63) is 96.6 Å². The second-order valence-corrected chi connectivity index (χ2v) is 13.2. The van der Waals surface area contributed by atoms with E-state index < -0.39 is 29.8 Å². The molecule has 0 heterocycles. The molecule has 0 saturated carbocycles. The summed E-state index contributed by atoms with van der Waals surface area (Å²) in [7, 11) is -1.64. The van der Waals surface area contributed by atoms with Gasteiger partial charge < -0.3 is 9.84 Å². The first-order chi connectivity index (χ1) is 15.6. The van der Waals surface area contributed by atoms with Gasteiger partial charge in [0.15, 0.2) is 0 Å². The van der Waals surface area contributed by atoms with E-state index >= 15 is 0 Å². The van der Waals surface area contributed by atoms with E-state index in [9.17, 15) is 9.90 Å². The minimum atomic E-state index is -2.98. The molecule has 3 aromatic carbocycles. The van der Waals surface area contributed by atoms with E-state index in [0.29, 0.717) is 6.42 Å². The van der Waals surface area contributed by atoms with Crippen molar-refractivity contribution in [3.63, 3.8) is 0 Å². The zero-order valence-corrected chi connectivity index (χ0v) is 22.0. The van der Waals surface area contributed by atoms with Gasteiger partial charge in [0.2, 0.25) is 0 Å². The van der Waals surface area contributed by atoms with Crippen molar-refractivity contribution in [2.24, 2.45) is 10.2 Å². The summed E-state index contributed by atoms with van der Waals surface area (Å²) >= 11 is 0. The van der Waals surface area contributed by atoms with E-state index in [1.165, 1.54) is 7.11 Å². The molecule has 3 rings (SSSR count). The third-order valence-electron chi connectivity index (χ3n) is 6.16. The molecule has 0 aliphatic rings. The van der Waals surface area contributed by atoms with Crippen molar-refractivity contribution >= 4 is 23.8 Å². The smallest absolute Gasteiger partial charge is 0.851 e. The fourth-order valence-electron chi connectivity index (χ4n) is 4.74. The molecule has 0 aromatic heterocycles.